The fourth-order valence-corrected chi connectivity index (χ4v) is 3.99. The number of piperidine rings is 1. The van der Waals surface area contributed by atoms with Crippen molar-refractivity contribution in [2.75, 3.05) is 13.1 Å². The van der Waals surface area contributed by atoms with E-state index in [-0.39, 0.29) is 11.8 Å². The van der Waals surface area contributed by atoms with Crippen molar-refractivity contribution in [3.05, 3.63) is 70.6 Å². The molecule has 0 aliphatic carbocycles. The van der Waals surface area contributed by atoms with Gasteiger partial charge in [-0.3, -0.25) is 9.69 Å². The van der Waals surface area contributed by atoms with E-state index in [1.165, 1.54) is 5.56 Å². The molecule has 0 radical (unpaired) electrons. The number of hydrogen-bond acceptors (Lipinski definition) is 5. The Bertz CT molecular complexity index is 1010. The average molecular weight is 425 g/mol. The van der Waals surface area contributed by atoms with Gasteiger partial charge in [0.15, 0.2) is 0 Å². The van der Waals surface area contributed by atoms with Gasteiger partial charge in [0.2, 0.25) is 17.6 Å². The summed E-state index contributed by atoms with van der Waals surface area (Å²) in [5.41, 5.74) is 3.10. The number of amides is 1. The van der Waals surface area contributed by atoms with Crippen LogP contribution in [0.15, 0.2) is 53.1 Å². The lowest BCUT2D eigenvalue weighted by Crippen LogP contribution is -2.40. The standard InChI is InChI=1S/C23H25ClN4O2/c1-16-5-4-6-17(13-16)14-25-23(29)18-9-11-28(12-10-18)15-21-26-22(27-30-21)19-7-2-3-8-20(19)24/h2-8,13,18H,9-12,14-15H2,1H3,(H,25,29). The van der Waals surface area contributed by atoms with Crippen LogP contribution < -0.4 is 5.32 Å². The highest BCUT2D eigenvalue weighted by Crippen LogP contribution is 2.25. The Labute approximate surface area is 181 Å². The van der Waals surface area contributed by atoms with Crippen LogP contribution in [0.1, 0.15) is 29.9 Å². The number of aromatic nitrogens is 2. The molecule has 0 spiro atoms. The number of rotatable bonds is 6. The van der Waals surface area contributed by atoms with Crippen LogP contribution in [0.25, 0.3) is 11.4 Å². The summed E-state index contributed by atoms with van der Waals surface area (Å²) in [7, 11) is 0. The van der Waals surface area contributed by atoms with E-state index in [1.54, 1.807) is 0 Å². The highest BCUT2D eigenvalue weighted by molar-refractivity contribution is 6.33. The SMILES string of the molecule is Cc1cccc(CNC(=O)C2CCN(Cc3nc(-c4ccccc4Cl)no3)CC2)c1. The summed E-state index contributed by atoms with van der Waals surface area (Å²) in [6.07, 6.45) is 1.65. The minimum absolute atomic E-state index is 0.0485. The number of carbonyl (C=O) groups is 1. The lowest BCUT2D eigenvalue weighted by molar-refractivity contribution is -0.126. The molecule has 1 aromatic heterocycles. The molecule has 0 unspecified atom stereocenters. The Balaban J connectivity index is 1.26. The first-order chi connectivity index (χ1) is 14.6. The molecule has 156 valence electrons. The van der Waals surface area contributed by atoms with E-state index in [4.69, 9.17) is 16.1 Å². The maximum absolute atomic E-state index is 12.5. The molecule has 0 bridgehead atoms. The normalized spacial score (nSPS) is 15.3. The van der Waals surface area contributed by atoms with Crippen LogP contribution in [0.3, 0.4) is 0 Å². The molecule has 0 saturated carbocycles. The van der Waals surface area contributed by atoms with Crippen molar-refractivity contribution < 1.29 is 9.32 Å². The van der Waals surface area contributed by atoms with Crippen LogP contribution in [-0.2, 0) is 17.9 Å². The second kappa shape index (κ2) is 9.41. The van der Waals surface area contributed by atoms with Gasteiger partial charge < -0.3 is 9.84 Å². The van der Waals surface area contributed by atoms with Crippen LogP contribution >= 0.6 is 11.6 Å². The second-order valence-corrected chi connectivity index (χ2v) is 8.16. The summed E-state index contributed by atoms with van der Waals surface area (Å²) in [4.78, 5) is 19.3. The molecule has 7 heteroatoms. The van der Waals surface area contributed by atoms with E-state index in [0.717, 1.165) is 37.1 Å². The van der Waals surface area contributed by atoms with Crippen molar-refractivity contribution >= 4 is 17.5 Å². The van der Waals surface area contributed by atoms with Gasteiger partial charge in [-0.2, -0.15) is 4.98 Å². The second-order valence-electron chi connectivity index (χ2n) is 7.75. The van der Waals surface area contributed by atoms with Crippen molar-refractivity contribution in [2.24, 2.45) is 5.92 Å². The van der Waals surface area contributed by atoms with Crippen molar-refractivity contribution in [1.82, 2.24) is 20.4 Å². The monoisotopic (exact) mass is 424 g/mol. The topological polar surface area (TPSA) is 71.3 Å². The molecule has 0 atom stereocenters. The molecule has 1 N–H and O–H groups in total. The predicted octanol–water partition coefficient (Wildman–Crippen LogP) is 4.23. The minimum atomic E-state index is 0.0485. The minimum Gasteiger partial charge on any atom is -0.352 e. The molecule has 6 nitrogen and oxygen atoms in total. The van der Waals surface area contributed by atoms with Gasteiger partial charge in [0, 0.05) is 18.0 Å². The molecule has 1 fully saturated rings. The Kier molecular flexibility index (Phi) is 6.45. The predicted molar refractivity (Wildman–Crippen MR) is 116 cm³/mol. The van der Waals surface area contributed by atoms with E-state index in [0.29, 0.717) is 29.8 Å². The number of halogens is 1. The molecule has 2 heterocycles. The largest absolute Gasteiger partial charge is 0.352 e. The van der Waals surface area contributed by atoms with Gasteiger partial charge in [0.1, 0.15) is 0 Å². The number of likely N-dealkylation sites (tertiary alicyclic amines) is 1. The maximum atomic E-state index is 12.5. The number of benzene rings is 2. The third-order valence-corrected chi connectivity index (χ3v) is 5.78. The Hall–Kier alpha value is -2.70. The summed E-state index contributed by atoms with van der Waals surface area (Å²) in [6, 6.07) is 15.7. The summed E-state index contributed by atoms with van der Waals surface area (Å²) >= 11 is 6.21. The first-order valence-electron chi connectivity index (χ1n) is 10.2. The highest BCUT2D eigenvalue weighted by Gasteiger charge is 2.26. The quantitative estimate of drug-likeness (QED) is 0.641. The lowest BCUT2D eigenvalue weighted by Gasteiger charge is -2.30. The van der Waals surface area contributed by atoms with Crippen molar-refractivity contribution in [3.8, 4) is 11.4 Å². The molecule has 1 aliphatic heterocycles. The van der Waals surface area contributed by atoms with Crippen LogP contribution in [-0.4, -0.2) is 34.0 Å². The third-order valence-electron chi connectivity index (χ3n) is 5.45. The number of nitrogens with one attached hydrogen (secondary N) is 1. The molecule has 4 rings (SSSR count). The van der Waals surface area contributed by atoms with Gasteiger partial charge in [-0.15, -0.1) is 0 Å². The number of aryl methyl sites for hydroxylation is 1. The number of carbonyl (C=O) groups excluding carboxylic acids is 1. The summed E-state index contributed by atoms with van der Waals surface area (Å²) in [6.45, 7) is 4.86. The van der Waals surface area contributed by atoms with E-state index < -0.39 is 0 Å². The molecule has 30 heavy (non-hydrogen) atoms. The van der Waals surface area contributed by atoms with Gasteiger partial charge in [-0.1, -0.05) is 58.7 Å². The van der Waals surface area contributed by atoms with Crippen LogP contribution in [0, 0.1) is 12.8 Å². The summed E-state index contributed by atoms with van der Waals surface area (Å²) < 4.78 is 5.41. The first kappa shape index (κ1) is 20.6. The Morgan fingerprint density at radius 1 is 1.20 bits per heavy atom. The Morgan fingerprint density at radius 3 is 2.77 bits per heavy atom. The zero-order valence-corrected chi connectivity index (χ0v) is 17.7. The van der Waals surface area contributed by atoms with E-state index in [1.807, 2.05) is 36.4 Å². The smallest absolute Gasteiger partial charge is 0.241 e. The molecule has 1 aliphatic rings. The van der Waals surface area contributed by atoms with E-state index in [9.17, 15) is 4.79 Å². The zero-order valence-electron chi connectivity index (χ0n) is 17.0. The van der Waals surface area contributed by atoms with Crippen molar-refractivity contribution in [2.45, 2.75) is 32.9 Å². The maximum Gasteiger partial charge on any atom is 0.241 e. The summed E-state index contributed by atoms with van der Waals surface area (Å²) in [5.74, 6) is 1.25. The van der Waals surface area contributed by atoms with Crippen LogP contribution in [0.5, 0.6) is 0 Å². The fraction of sp³-hybridized carbons (Fsp3) is 0.348. The van der Waals surface area contributed by atoms with Crippen LogP contribution in [0.4, 0.5) is 0 Å². The Morgan fingerprint density at radius 2 is 2.00 bits per heavy atom. The fourth-order valence-electron chi connectivity index (χ4n) is 3.77. The third kappa shape index (κ3) is 5.07. The number of hydrogen-bond donors (Lipinski definition) is 1. The van der Waals surface area contributed by atoms with Crippen molar-refractivity contribution in [1.29, 1.82) is 0 Å². The zero-order chi connectivity index (χ0) is 20.9. The van der Waals surface area contributed by atoms with Gasteiger partial charge in [0.05, 0.1) is 11.6 Å². The van der Waals surface area contributed by atoms with Gasteiger partial charge in [0.25, 0.3) is 0 Å². The van der Waals surface area contributed by atoms with Gasteiger partial charge in [-0.25, -0.2) is 0 Å². The molecular weight excluding hydrogens is 400 g/mol. The summed E-state index contributed by atoms with van der Waals surface area (Å²) in [5, 5.41) is 7.73. The van der Waals surface area contributed by atoms with Gasteiger partial charge >= 0.3 is 0 Å². The van der Waals surface area contributed by atoms with Gasteiger partial charge in [-0.05, 0) is 50.6 Å². The van der Waals surface area contributed by atoms with Crippen molar-refractivity contribution in [3.63, 3.8) is 0 Å². The lowest BCUT2D eigenvalue weighted by atomic mass is 9.96. The van der Waals surface area contributed by atoms with E-state index >= 15 is 0 Å². The van der Waals surface area contributed by atoms with E-state index in [2.05, 4.69) is 39.4 Å². The molecule has 1 amide bonds. The molecule has 3 aromatic rings. The molecule has 2 aromatic carbocycles. The molecule has 1 saturated heterocycles. The highest BCUT2D eigenvalue weighted by atomic mass is 35.5. The average Bonchev–Trinajstić information content (AvgIpc) is 3.21. The first-order valence-corrected chi connectivity index (χ1v) is 10.6. The van der Waals surface area contributed by atoms with Crippen LogP contribution in [0.2, 0.25) is 5.02 Å². The molecular formula is C23H25ClN4O2. The number of nitrogens with zero attached hydrogens (tertiary/aromatic N) is 3.